The molecular weight excluding hydrogens is 278 g/mol. The zero-order valence-electron chi connectivity index (χ0n) is 9.78. The van der Waals surface area contributed by atoms with Crippen molar-refractivity contribution in [2.45, 2.75) is 6.18 Å². The van der Waals surface area contributed by atoms with Gasteiger partial charge >= 0.3 is 12.1 Å². The summed E-state index contributed by atoms with van der Waals surface area (Å²) in [7, 11) is 0. The first-order valence-corrected chi connectivity index (χ1v) is 5.36. The molecule has 0 atom stereocenters. The third kappa shape index (κ3) is 2.76. The van der Waals surface area contributed by atoms with Crippen LogP contribution in [0.4, 0.5) is 17.6 Å². The maximum absolute atomic E-state index is 13.2. The number of carboxylic acid groups (broad SMARTS) is 1. The normalized spacial score (nSPS) is 11.4. The number of hydrogen-bond acceptors (Lipinski definition) is 2. The van der Waals surface area contributed by atoms with E-state index in [0.29, 0.717) is 6.07 Å². The van der Waals surface area contributed by atoms with Crippen molar-refractivity contribution in [3.63, 3.8) is 0 Å². The Morgan fingerprint density at radius 3 is 2.40 bits per heavy atom. The fraction of sp³-hybridized carbons (Fsp3) is 0.0769. The topological polar surface area (TPSA) is 50.2 Å². The highest BCUT2D eigenvalue weighted by molar-refractivity contribution is 5.89. The average Bonchev–Trinajstić information content (AvgIpc) is 2.37. The van der Waals surface area contributed by atoms with Gasteiger partial charge in [0.15, 0.2) is 0 Å². The monoisotopic (exact) mass is 285 g/mol. The molecule has 2 rings (SSSR count). The van der Waals surface area contributed by atoms with E-state index in [4.69, 9.17) is 5.11 Å². The van der Waals surface area contributed by atoms with Crippen molar-refractivity contribution >= 4 is 5.97 Å². The number of halogens is 4. The summed E-state index contributed by atoms with van der Waals surface area (Å²) in [4.78, 5) is 14.1. The predicted octanol–water partition coefficient (Wildman–Crippen LogP) is 3.60. The van der Waals surface area contributed by atoms with Crippen LogP contribution in [-0.2, 0) is 6.18 Å². The maximum atomic E-state index is 13.2. The largest absolute Gasteiger partial charge is 0.478 e. The fourth-order valence-corrected chi connectivity index (χ4v) is 1.71. The third-order valence-electron chi connectivity index (χ3n) is 2.55. The Bertz CT molecular complexity index is 668. The van der Waals surface area contributed by atoms with Crippen LogP contribution in [0.15, 0.2) is 36.4 Å². The van der Waals surface area contributed by atoms with Crippen LogP contribution >= 0.6 is 0 Å². The lowest BCUT2D eigenvalue weighted by Gasteiger charge is -2.12. The summed E-state index contributed by atoms with van der Waals surface area (Å²) in [6.45, 7) is 0. The first-order valence-electron chi connectivity index (χ1n) is 5.36. The highest BCUT2D eigenvalue weighted by atomic mass is 19.4. The molecule has 0 aliphatic rings. The molecule has 2 aromatic rings. The molecule has 7 heteroatoms. The Morgan fingerprint density at radius 2 is 1.80 bits per heavy atom. The smallest absolute Gasteiger partial charge is 0.417 e. The van der Waals surface area contributed by atoms with Crippen LogP contribution < -0.4 is 0 Å². The van der Waals surface area contributed by atoms with Crippen molar-refractivity contribution in [1.29, 1.82) is 0 Å². The summed E-state index contributed by atoms with van der Waals surface area (Å²) in [5.41, 5.74) is -2.23. The molecule has 3 nitrogen and oxygen atoms in total. The van der Waals surface area contributed by atoms with Gasteiger partial charge in [-0.05, 0) is 12.1 Å². The molecule has 0 spiro atoms. The van der Waals surface area contributed by atoms with Crippen molar-refractivity contribution in [2.24, 2.45) is 0 Å². The van der Waals surface area contributed by atoms with Gasteiger partial charge in [-0.15, -0.1) is 0 Å². The molecule has 1 N–H and O–H groups in total. The van der Waals surface area contributed by atoms with Gasteiger partial charge in [0.25, 0.3) is 0 Å². The van der Waals surface area contributed by atoms with Crippen molar-refractivity contribution in [2.75, 3.05) is 0 Å². The van der Waals surface area contributed by atoms with Crippen LogP contribution in [0.2, 0.25) is 0 Å². The summed E-state index contributed by atoms with van der Waals surface area (Å²) in [6, 6.07) is 5.98. The zero-order valence-corrected chi connectivity index (χ0v) is 9.78. The first kappa shape index (κ1) is 14.0. The first-order chi connectivity index (χ1) is 9.29. The van der Waals surface area contributed by atoms with Gasteiger partial charge in [0.2, 0.25) is 5.95 Å². The summed E-state index contributed by atoms with van der Waals surface area (Å²) in [5, 5.41) is 8.79. The van der Waals surface area contributed by atoms with E-state index in [1.165, 1.54) is 12.1 Å². The Hall–Kier alpha value is -2.44. The SMILES string of the molecule is O=C(O)c1cc(F)nc(-c2ccccc2C(F)(F)F)c1. The lowest BCUT2D eigenvalue weighted by Crippen LogP contribution is -2.08. The Labute approximate surface area is 110 Å². The molecule has 0 aliphatic heterocycles. The third-order valence-corrected chi connectivity index (χ3v) is 2.55. The molecule has 0 saturated heterocycles. The van der Waals surface area contributed by atoms with Gasteiger partial charge in [-0.25, -0.2) is 9.78 Å². The molecule has 1 heterocycles. The number of nitrogens with zero attached hydrogens (tertiary/aromatic N) is 1. The van der Waals surface area contributed by atoms with Crippen molar-refractivity contribution in [3.8, 4) is 11.3 Å². The number of pyridine rings is 1. The zero-order chi connectivity index (χ0) is 14.9. The quantitative estimate of drug-likeness (QED) is 0.677. The molecule has 20 heavy (non-hydrogen) atoms. The highest BCUT2D eigenvalue weighted by Crippen LogP contribution is 2.36. The second-order valence-electron chi connectivity index (χ2n) is 3.91. The number of hydrogen-bond donors (Lipinski definition) is 1. The van der Waals surface area contributed by atoms with Gasteiger partial charge in [0, 0.05) is 11.6 Å². The second kappa shape index (κ2) is 4.92. The average molecular weight is 285 g/mol. The minimum absolute atomic E-state index is 0.373. The molecule has 0 bridgehead atoms. The summed E-state index contributed by atoms with van der Waals surface area (Å²) in [5.74, 6) is -2.60. The minimum atomic E-state index is -4.64. The number of aromatic nitrogens is 1. The Kier molecular flexibility index (Phi) is 3.44. The minimum Gasteiger partial charge on any atom is -0.478 e. The number of benzene rings is 1. The van der Waals surface area contributed by atoms with E-state index in [-0.39, 0.29) is 11.3 Å². The molecule has 0 amide bonds. The van der Waals surface area contributed by atoms with E-state index in [1.54, 1.807) is 0 Å². The summed E-state index contributed by atoms with van der Waals surface area (Å²) < 4.78 is 51.8. The number of carbonyl (C=O) groups is 1. The molecule has 1 aromatic heterocycles. The van der Waals surface area contributed by atoms with Crippen LogP contribution in [0.5, 0.6) is 0 Å². The Morgan fingerprint density at radius 1 is 1.15 bits per heavy atom. The molecule has 0 fully saturated rings. The van der Waals surface area contributed by atoms with Crippen molar-refractivity contribution in [1.82, 2.24) is 4.98 Å². The Balaban J connectivity index is 2.66. The van der Waals surface area contributed by atoms with Crippen LogP contribution in [0.3, 0.4) is 0 Å². The van der Waals surface area contributed by atoms with E-state index in [2.05, 4.69) is 4.98 Å². The molecule has 0 saturated carbocycles. The number of aromatic carboxylic acids is 1. The van der Waals surface area contributed by atoms with Gasteiger partial charge in [-0.3, -0.25) is 0 Å². The molecule has 0 unspecified atom stereocenters. The second-order valence-corrected chi connectivity index (χ2v) is 3.91. The van der Waals surface area contributed by atoms with E-state index >= 15 is 0 Å². The van der Waals surface area contributed by atoms with Crippen LogP contribution in [0.25, 0.3) is 11.3 Å². The van der Waals surface area contributed by atoms with Crippen molar-refractivity contribution < 1.29 is 27.5 Å². The number of alkyl halides is 3. The lowest BCUT2D eigenvalue weighted by atomic mass is 10.0. The highest BCUT2D eigenvalue weighted by Gasteiger charge is 2.33. The van der Waals surface area contributed by atoms with Gasteiger partial charge in [0.05, 0.1) is 16.8 Å². The predicted molar refractivity (Wildman–Crippen MR) is 61.6 cm³/mol. The van der Waals surface area contributed by atoms with E-state index in [0.717, 1.165) is 18.2 Å². The number of rotatable bonds is 2. The summed E-state index contributed by atoms with van der Waals surface area (Å²) >= 11 is 0. The van der Waals surface area contributed by atoms with Gasteiger partial charge in [-0.1, -0.05) is 18.2 Å². The summed E-state index contributed by atoms with van der Waals surface area (Å²) in [6.07, 6.45) is -4.64. The van der Waals surface area contributed by atoms with Crippen LogP contribution in [-0.4, -0.2) is 16.1 Å². The van der Waals surface area contributed by atoms with Crippen LogP contribution in [0, 0.1) is 5.95 Å². The molecule has 104 valence electrons. The van der Waals surface area contributed by atoms with Gasteiger partial charge in [0.1, 0.15) is 0 Å². The van der Waals surface area contributed by atoms with Gasteiger partial charge in [-0.2, -0.15) is 17.6 Å². The number of carboxylic acids is 1. The van der Waals surface area contributed by atoms with E-state index < -0.39 is 29.2 Å². The maximum Gasteiger partial charge on any atom is 0.417 e. The van der Waals surface area contributed by atoms with Gasteiger partial charge < -0.3 is 5.11 Å². The standard InChI is InChI=1S/C13H7F4NO2/c14-11-6-7(12(19)20)5-10(18-11)8-3-1-2-4-9(8)13(15,16)17/h1-6H,(H,19,20). The van der Waals surface area contributed by atoms with Crippen LogP contribution in [0.1, 0.15) is 15.9 Å². The molecular formula is C13H7F4NO2. The van der Waals surface area contributed by atoms with Crippen molar-refractivity contribution in [3.05, 3.63) is 53.5 Å². The fourth-order valence-electron chi connectivity index (χ4n) is 1.71. The molecule has 0 radical (unpaired) electrons. The lowest BCUT2D eigenvalue weighted by molar-refractivity contribution is -0.137. The van der Waals surface area contributed by atoms with E-state index in [1.807, 2.05) is 0 Å². The molecule has 0 aliphatic carbocycles. The van der Waals surface area contributed by atoms with E-state index in [9.17, 15) is 22.4 Å². The molecule has 1 aromatic carbocycles.